The van der Waals surface area contributed by atoms with Crippen LogP contribution in [0.3, 0.4) is 0 Å². The van der Waals surface area contributed by atoms with Crippen LogP contribution < -0.4 is 5.01 Å². The van der Waals surface area contributed by atoms with Gasteiger partial charge in [-0.05, 0) is 37.2 Å². The third-order valence-electron chi connectivity index (χ3n) is 4.32. The van der Waals surface area contributed by atoms with E-state index in [1.54, 1.807) is 11.9 Å². The Balaban J connectivity index is 2.06. The zero-order chi connectivity index (χ0) is 20.3. The number of thioether (sulfide) groups is 2. The Labute approximate surface area is 173 Å². The van der Waals surface area contributed by atoms with Crippen LogP contribution in [-0.2, 0) is 19.1 Å². The molecule has 7 nitrogen and oxygen atoms in total. The number of hydrazone groups is 1. The van der Waals surface area contributed by atoms with Crippen molar-refractivity contribution in [2.24, 2.45) is 5.10 Å². The van der Waals surface area contributed by atoms with Crippen molar-refractivity contribution < 1.29 is 19.1 Å². The highest BCUT2D eigenvalue weighted by Crippen LogP contribution is 2.59. The number of anilines is 1. The number of carbonyl (C=O) groups excluding carboxylic acids is 2. The minimum atomic E-state index is -0.836. The second-order valence-electron chi connectivity index (χ2n) is 6.10. The van der Waals surface area contributed by atoms with Gasteiger partial charge < -0.3 is 14.4 Å². The van der Waals surface area contributed by atoms with Crippen LogP contribution in [0.2, 0.25) is 0 Å². The molecule has 0 N–H and O–H groups in total. The Morgan fingerprint density at radius 3 is 2.46 bits per heavy atom. The van der Waals surface area contributed by atoms with Crippen LogP contribution in [0.15, 0.2) is 46.0 Å². The summed E-state index contributed by atoms with van der Waals surface area (Å²) in [6.45, 7) is 4.15. The van der Waals surface area contributed by atoms with E-state index in [1.165, 1.54) is 30.6 Å². The Morgan fingerprint density at radius 2 is 1.86 bits per heavy atom. The summed E-state index contributed by atoms with van der Waals surface area (Å²) in [5.41, 5.74) is 1.70. The van der Waals surface area contributed by atoms with Crippen molar-refractivity contribution in [1.82, 2.24) is 4.90 Å². The number of carbonyl (C=O) groups is 2. The van der Waals surface area contributed by atoms with E-state index in [2.05, 4.69) is 12.0 Å². The van der Waals surface area contributed by atoms with Gasteiger partial charge in [0.2, 0.25) is 9.37 Å². The largest absolute Gasteiger partial charge is 0.464 e. The fourth-order valence-electron chi connectivity index (χ4n) is 3.04. The number of esters is 2. The van der Waals surface area contributed by atoms with Crippen LogP contribution >= 0.6 is 23.5 Å². The van der Waals surface area contributed by atoms with Crippen molar-refractivity contribution in [3.63, 3.8) is 0 Å². The van der Waals surface area contributed by atoms with Crippen LogP contribution in [0.1, 0.15) is 26.7 Å². The second-order valence-corrected chi connectivity index (χ2v) is 8.70. The Hall–Kier alpha value is -2.13. The molecule has 1 aromatic carbocycles. The maximum Gasteiger partial charge on any atom is 0.365 e. The number of hydrogen-bond acceptors (Lipinski definition) is 9. The lowest BCUT2D eigenvalue weighted by atomic mass is 10.2. The van der Waals surface area contributed by atoms with Gasteiger partial charge >= 0.3 is 11.9 Å². The standard InChI is InChI=1S/C19H23N3O4S2/c1-5-10-14-15(17(23)26-6-2)27-19(21(14)3)22(13-11-8-7-9-12-13)20-16(28-19)18(24)25-4/h7-9,11-12H,5-6,10H2,1-4H3/t19-/m1/s1. The summed E-state index contributed by atoms with van der Waals surface area (Å²) in [5.74, 6) is -0.849. The summed E-state index contributed by atoms with van der Waals surface area (Å²) in [6.07, 6.45) is 1.59. The lowest BCUT2D eigenvalue weighted by molar-refractivity contribution is -0.137. The van der Waals surface area contributed by atoms with Crippen LogP contribution in [0.4, 0.5) is 5.69 Å². The number of rotatable bonds is 6. The van der Waals surface area contributed by atoms with Gasteiger partial charge in [0.15, 0.2) is 0 Å². The molecule has 0 saturated heterocycles. The van der Waals surface area contributed by atoms with Gasteiger partial charge in [0.05, 0.1) is 19.4 Å². The van der Waals surface area contributed by atoms with Crippen LogP contribution in [0, 0.1) is 0 Å². The van der Waals surface area contributed by atoms with Gasteiger partial charge in [-0.1, -0.05) is 43.3 Å². The number of nitrogens with zero attached hydrogens (tertiary/aromatic N) is 3. The highest BCUT2D eigenvalue weighted by molar-refractivity contribution is 8.28. The second kappa shape index (κ2) is 8.48. The van der Waals surface area contributed by atoms with Crippen LogP contribution in [0.5, 0.6) is 0 Å². The number of methoxy groups -OCH3 is 1. The molecular weight excluding hydrogens is 398 g/mol. The molecule has 0 radical (unpaired) electrons. The van der Waals surface area contributed by atoms with Gasteiger partial charge in [0.25, 0.3) is 0 Å². The number of ether oxygens (including phenoxy) is 2. The van der Waals surface area contributed by atoms with Crippen molar-refractivity contribution in [2.45, 2.75) is 31.0 Å². The summed E-state index contributed by atoms with van der Waals surface area (Å²) >= 11 is 2.63. The molecule has 1 atom stereocenters. The molecule has 0 unspecified atom stereocenters. The molecule has 0 saturated carbocycles. The van der Waals surface area contributed by atoms with Crippen LogP contribution in [-0.4, -0.2) is 47.0 Å². The fraction of sp³-hybridized carbons (Fsp3) is 0.421. The minimum Gasteiger partial charge on any atom is -0.464 e. The third-order valence-corrected chi connectivity index (χ3v) is 7.30. The van der Waals surface area contributed by atoms with E-state index < -0.39 is 10.3 Å². The third kappa shape index (κ3) is 3.48. The van der Waals surface area contributed by atoms with Crippen molar-refractivity contribution in [3.05, 3.63) is 40.9 Å². The zero-order valence-corrected chi connectivity index (χ0v) is 17.9. The average Bonchev–Trinajstić information content (AvgIpc) is 3.23. The lowest BCUT2D eigenvalue weighted by Gasteiger charge is -2.39. The Morgan fingerprint density at radius 1 is 1.14 bits per heavy atom. The molecule has 2 aliphatic rings. The summed E-state index contributed by atoms with van der Waals surface area (Å²) in [6, 6.07) is 9.57. The summed E-state index contributed by atoms with van der Waals surface area (Å²) in [7, 11) is 3.25. The maximum absolute atomic E-state index is 12.6. The molecular formula is C19H23N3O4S2. The summed E-state index contributed by atoms with van der Waals surface area (Å²) in [4.78, 5) is 27.5. The lowest BCUT2D eigenvalue weighted by Crippen LogP contribution is -2.47. The Bertz CT molecular complexity index is 828. The van der Waals surface area contributed by atoms with Crippen molar-refractivity contribution in [1.29, 1.82) is 0 Å². The first kappa shape index (κ1) is 20.6. The van der Waals surface area contributed by atoms with E-state index in [4.69, 9.17) is 9.47 Å². The molecule has 2 heterocycles. The van der Waals surface area contributed by atoms with Crippen molar-refractivity contribution >= 4 is 46.2 Å². The van der Waals surface area contributed by atoms with Crippen molar-refractivity contribution in [2.75, 3.05) is 25.8 Å². The normalized spacial score (nSPS) is 21.4. The molecule has 1 spiro atoms. The van der Waals surface area contributed by atoms with Crippen LogP contribution in [0.25, 0.3) is 0 Å². The highest BCUT2D eigenvalue weighted by atomic mass is 32.2. The van der Waals surface area contributed by atoms with Gasteiger partial charge in [0, 0.05) is 12.7 Å². The number of benzene rings is 1. The average molecular weight is 422 g/mol. The highest BCUT2D eigenvalue weighted by Gasteiger charge is 2.57. The smallest absolute Gasteiger partial charge is 0.365 e. The van der Waals surface area contributed by atoms with Crippen molar-refractivity contribution in [3.8, 4) is 0 Å². The molecule has 9 heteroatoms. The number of allylic oxidation sites excluding steroid dienone is 1. The fourth-order valence-corrected chi connectivity index (χ4v) is 5.95. The van der Waals surface area contributed by atoms with E-state index in [9.17, 15) is 9.59 Å². The molecule has 0 fully saturated rings. The molecule has 1 aromatic rings. The van der Waals surface area contributed by atoms with E-state index >= 15 is 0 Å². The Kier molecular flexibility index (Phi) is 6.24. The molecule has 2 aliphatic heterocycles. The molecule has 0 aromatic heterocycles. The predicted octanol–water partition coefficient (Wildman–Crippen LogP) is 3.59. The molecule has 150 valence electrons. The first-order valence-corrected chi connectivity index (χ1v) is 10.7. The SMILES string of the molecule is CCCC1=C(C(=O)OCC)S[C@@]2(SC(C(=O)OC)=NN2c2ccccc2)N1C. The number of hydrogen-bond donors (Lipinski definition) is 0. The van der Waals surface area contributed by atoms with Gasteiger partial charge in [-0.3, -0.25) is 0 Å². The number of para-hydroxylation sites is 1. The minimum absolute atomic E-state index is 0.242. The molecule has 3 rings (SSSR count). The summed E-state index contributed by atoms with van der Waals surface area (Å²) in [5, 5.41) is 6.56. The van der Waals surface area contributed by atoms with E-state index in [0.29, 0.717) is 11.5 Å². The van der Waals surface area contributed by atoms with Gasteiger partial charge in [-0.15, -0.1) is 0 Å². The van der Waals surface area contributed by atoms with Gasteiger partial charge in [-0.25, -0.2) is 14.6 Å². The predicted molar refractivity (Wildman–Crippen MR) is 113 cm³/mol. The van der Waals surface area contributed by atoms with E-state index in [0.717, 1.165) is 24.2 Å². The molecule has 0 bridgehead atoms. The monoisotopic (exact) mass is 421 g/mol. The first-order chi connectivity index (χ1) is 13.5. The maximum atomic E-state index is 12.6. The quantitative estimate of drug-likeness (QED) is 0.646. The zero-order valence-electron chi connectivity index (χ0n) is 16.3. The molecule has 0 aliphatic carbocycles. The van der Waals surface area contributed by atoms with Gasteiger partial charge in [-0.2, -0.15) is 5.10 Å². The van der Waals surface area contributed by atoms with Gasteiger partial charge in [0.1, 0.15) is 4.91 Å². The van der Waals surface area contributed by atoms with E-state index in [1.807, 2.05) is 42.3 Å². The summed E-state index contributed by atoms with van der Waals surface area (Å²) < 4.78 is 9.35. The first-order valence-electron chi connectivity index (χ1n) is 9.02. The molecule has 0 amide bonds. The topological polar surface area (TPSA) is 71.4 Å². The van der Waals surface area contributed by atoms with E-state index in [-0.39, 0.29) is 11.0 Å². The molecule has 28 heavy (non-hydrogen) atoms.